The molecule has 0 spiro atoms. The van der Waals surface area contributed by atoms with E-state index < -0.39 is 52.4 Å². The molecule has 2 aromatic heterocycles. The lowest BCUT2D eigenvalue weighted by Crippen LogP contribution is -2.31. The molecule has 0 unspecified atom stereocenters. The summed E-state index contributed by atoms with van der Waals surface area (Å²) in [5, 5.41) is 5.28. The molecular formula is C24H24F5N7O3S. The maximum atomic E-state index is 13.7. The van der Waals surface area contributed by atoms with Crippen LogP contribution in [0.25, 0.3) is 0 Å². The number of hydrogen-bond acceptors (Lipinski definition) is 8. The SMILES string of the molecule is CCS(=O)(=O)Nc1ncccc1CNc1nc(Nc2cccc(C(=O)N3CCC(F)(F)C3)c2)ncc1C(F)(F)F. The van der Waals surface area contributed by atoms with Crippen molar-refractivity contribution < 1.29 is 35.2 Å². The Morgan fingerprint density at radius 2 is 1.90 bits per heavy atom. The Balaban J connectivity index is 1.55. The van der Waals surface area contributed by atoms with E-state index in [1.807, 2.05) is 0 Å². The van der Waals surface area contributed by atoms with Crippen LogP contribution in [-0.4, -0.2) is 58.9 Å². The van der Waals surface area contributed by atoms with Gasteiger partial charge in [-0.2, -0.15) is 18.2 Å². The Bertz CT molecular complexity index is 1500. The Hall–Kier alpha value is -4.08. The minimum atomic E-state index is -4.81. The van der Waals surface area contributed by atoms with E-state index in [-0.39, 0.29) is 47.4 Å². The summed E-state index contributed by atoms with van der Waals surface area (Å²) in [5.41, 5.74) is -0.561. The molecule has 4 rings (SSSR count). The molecule has 1 aliphatic heterocycles. The van der Waals surface area contributed by atoms with Gasteiger partial charge in [0.25, 0.3) is 11.8 Å². The van der Waals surface area contributed by atoms with E-state index in [0.29, 0.717) is 6.20 Å². The summed E-state index contributed by atoms with van der Waals surface area (Å²) < 4.78 is 94.3. The van der Waals surface area contributed by atoms with Gasteiger partial charge < -0.3 is 15.5 Å². The van der Waals surface area contributed by atoms with Crippen molar-refractivity contribution in [3.8, 4) is 0 Å². The number of likely N-dealkylation sites (tertiary alicyclic amines) is 1. The summed E-state index contributed by atoms with van der Waals surface area (Å²) in [5.74, 6) is -4.68. The molecule has 3 N–H and O–H groups in total. The van der Waals surface area contributed by atoms with Crippen LogP contribution in [0.2, 0.25) is 0 Å². The van der Waals surface area contributed by atoms with Crippen molar-refractivity contribution in [2.24, 2.45) is 0 Å². The van der Waals surface area contributed by atoms with Crippen LogP contribution in [0.3, 0.4) is 0 Å². The average molecular weight is 586 g/mol. The largest absolute Gasteiger partial charge is 0.421 e. The first-order valence-electron chi connectivity index (χ1n) is 11.9. The van der Waals surface area contributed by atoms with Gasteiger partial charge >= 0.3 is 6.18 Å². The number of carbonyl (C=O) groups excluding carboxylic acids is 1. The maximum Gasteiger partial charge on any atom is 0.421 e. The lowest BCUT2D eigenvalue weighted by atomic mass is 10.2. The highest BCUT2D eigenvalue weighted by atomic mass is 32.2. The predicted molar refractivity (Wildman–Crippen MR) is 137 cm³/mol. The van der Waals surface area contributed by atoms with Crippen molar-refractivity contribution in [1.82, 2.24) is 19.9 Å². The predicted octanol–water partition coefficient (Wildman–Crippen LogP) is 4.49. The fourth-order valence-electron chi connectivity index (χ4n) is 3.81. The lowest BCUT2D eigenvalue weighted by molar-refractivity contribution is -0.137. The first-order valence-corrected chi connectivity index (χ1v) is 13.6. The number of hydrogen-bond donors (Lipinski definition) is 3. The van der Waals surface area contributed by atoms with E-state index in [9.17, 15) is 35.2 Å². The number of alkyl halides is 5. The molecule has 1 saturated heterocycles. The molecule has 0 atom stereocenters. The fourth-order valence-corrected chi connectivity index (χ4v) is 4.43. The molecule has 0 saturated carbocycles. The number of sulfonamides is 1. The second kappa shape index (κ2) is 11.2. The van der Waals surface area contributed by atoms with Crippen LogP contribution in [0.1, 0.15) is 34.8 Å². The van der Waals surface area contributed by atoms with E-state index in [1.54, 1.807) is 0 Å². The minimum absolute atomic E-state index is 0.0462. The smallest absolute Gasteiger partial charge is 0.365 e. The van der Waals surface area contributed by atoms with Gasteiger partial charge in [0.2, 0.25) is 16.0 Å². The van der Waals surface area contributed by atoms with Crippen molar-refractivity contribution >= 4 is 39.2 Å². The number of nitrogens with zero attached hydrogens (tertiary/aromatic N) is 4. The van der Waals surface area contributed by atoms with E-state index in [0.717, 1.165) is 4.90 Å². The van der Waals surface area contributed by atoms with Gasteiger partial charge in [-0.05, 0) is 31.2 Å². The summed E-state index contributed by atoms with van der Waals surface area (Å²) in [6.45, 7) is 0.363. The number of pyridine rings is 1. The average Bonchev–Trinajstić information content (AvgIpc) is 3.26. The van der Waals surface area contributed by atoms with Crippen molar-refractivity contribution in [3.05, 3.63) is 65.5 Å². The zero-order chi connectivity index (χ0) is 29.1. The van der Waals surface area contributed by atoms with Gasteiger partial charge in [0.15, 0.2) is 0 Å². The highest BCUT2D eigenvalue weighted by Crippen LogP contribution is 2.35. The van der Waals surface area contributed by atoms with Crippen LogP contribution < -0.4 is 15.4 Å². The molecule has 16 heteroatoms. The van der Waals surface area contributed by atoms with Gasteiger partial charge in [0.05, 0.1) is 12.3 Å². The van der Waals surface area contributed by atoms with E-state index in [1.165, 1.54) is 49.5 Å². The molecule has 0 aliphatic carbocycles. The van der Waals surface area contributed by atoms with E-state index in [4.69, 9.17) is 0 Å². The molecule has 3 heterocycles. The topological polar surface area (TPSA) is 129 Å². The number of benzene rings is 1. The second-order valence-electron chi connectivity index (χ2n) is 8.86. The summed E-state index contributed by atoms with van der Waals surface area (Å²) in [6, 6.07) is 8.76. The molecule has 1 amide bonds. The van der Waals surface area contributed by atoms with Gasteiger partial charge in [0, 0.05) is 48.7 Å². The molecule has 40 heavy (non-hydrogen) atoms. The maximum absolute atomic E-state index is 13.7. The first-order chi connectivity index (χ1) is 18.8. The fraction of sp³-hybridized carbons (Fsp3) is 0.333. The highest BCUT2D eigenvalue weighted by molar-refractivity contribution is 7.92. The third-order valence-electron chi connectivity index (χ3n) is 5.89. The quantitative estimate of drug-likeness (QED) is 0.314. The van der Waals surface area contributed by atoms with Crippen LogP contribution in [0, 0.1) is 0 Å². The van der Waals surface area contributed by atoms with Crippen LogP contribution >= 0.6 is 0 Å². The molecular weight excluding hydrogens is 561 g/mol. The molecule has 1 fully saturated rings. The number of carbonyl (C=O) groups is 1. The van der Waals surface area contributed by atoms with Gasteiger partial charge in [0.1, 0.15) is 17.2 Å². The van der Waals surface area contributed by atoms with Crippen LogP contribution in [0.5, 0.6) is 0 Å². The lowest BCUT2D eigenvalue weighted by Gasteiger charge is -2.17. The Kier molecular flexibility index (Phi) is 8.09. The Morgan fingerprint density at radius 3 is 2.58 bits per heavy atom. The molecule has 3 aromatic rings. The summed E-state index contributed by atoms with van der Waals surface area (Å²) in [4.78, 5) is 25.3. The van der Waals surface area contributed by atoms with Crippen molar-refractivity contribution in [2.75, 3.05) is 34.2 Å². The third-order valence-corrected chi connectivity index (χ3v) is 7.15. The minimum Gasteiger partial charge on any atom is -0.365 e. The van der Waals surface area contributed by atoms with Crippen molar-refractivity contribution in [3.63, 3.8) is 0 Å². The Labute approximate surface area is 226 Å². The van der Waals surface area contributed by atoms with Crippen LogP contribution in [0.4, 0.5) is 45.2 Å². The zero-order valence-electron chi connectivity index (χ0n) is 21.0. The van der Waals surface area contributed by atoms with Crippen molar-refractivity contribution in [1.29, 1.82) is 0 Å². The molecule has 1 aliphatic rings. The zero-order valence-corrected chi connectivity index (χ0v) is 21.8. The first kappa shape index (κ1) is 28.9. The second-order valence-corrected chi connectivity index (χ2v) is 10.9. The standard InChI is InChI=1S/C24H24F5N7O3S/c1-2-40(38,39)35-19-16(6-4-9-30-19)12-31-20-18(24(27,28)29)13-32-22(34-20)33-17-7-3-5-15(11-17)21(37)36-10-8-23(25,26)14-36/h3-7,9,11,13H,2,8,10,12,14H2,1H3,(H,30,35)(H2,31,32,33,34). The van der Waals surface area contributed by atoms with Gasteiger partial charge in [-0.25, -0.2) is 27.2 Å². The number of amides is 1. The molecule has 214 valence electrons. The van der Waals surface area contributed by atoms with E-state index >= 15 is 0 Å². The normalized spacial score (nSPS) is 15.1. The number of nitrogens with one attached hydrogen (secondary N) is 3. The summed E-state index contributed by atoms with van der Waals surface area (Å²) in [7, 11) is -3.69. The Morgan fingerprint density at radius 1 is 1.12 bits per heavy atom. The number of halogens is 5. The van der Waals surface area contributed by atoms with Crippen molar-refractivity contribution in [2.45, 2.75) is 32.0 Å². The number of aromatic nitrogens is 3. The molecule has 10 nitrogen and oxygen atoms in total. The molecule has 0 bridgehead atoms. The summed E-state index contributed by atoms with van der Waals surface area (Å²) >= 11 is 0. The van der Waals surface area contributed by atoms with Crippen LogP contribution in [-0.2, 0) is 22.7 Å². The number of anilines is 4. The van der Waals surface area contributed by atoms with Gasteiger partial charge in [-0.3, -0.25) is 9.52 Å². The summed E-state index contributed by atoms with van der Waals surface area (Å²) in [6.07, 6.45) is -3.34. The molecule has 1 aromatic carbocycles. The van der Waals surface area contributed by atoms with E-state index in [2.05, 4.69) is 30.3 Å². The van der Waals surface area contributed by atoms with Gasteiger partial charge in [-0.1, -0.05) is 12.1 Å². The third kappa shape index (κ3) is 7.11. The monoisotopic (exact) mass is 585 g/mol. The molecule has 0 radical (unpaired) electrons. The number of rotatable bonds is 9. The van der Waals surface area contributed by atoms with Crippen LogP contribution in [0.15, 0.2) is 48.8 Å². The highest BCUT2D eigenvalue weighted by Gasteiger charge is 2.40. The van der Waals surface area contributed by atoms with Gasteiger partial charge in [-0.15, -0.1) is 0 Å².